The van der Waals surface area contributed by atoms with Crippen LogP contribution < -0.4 is 15.2 Å². The van der Waals surface area contributed by atoms with Crippen LogP contribution in [0.4, 0.5) is 0 Å². The maximum atomic E-state index is 11.3. The van der Waals surface area contributed by atoms with Crippen LogP contribution in [0.2, 0.25) is 0 Å². The quantitative estimate of drug-likeness (QED) is 0.712. The molecule has 2 aliphatic heterocycles. The molecule has 0 aliphatic carbocycles. The van der Waals surface area contributed by atoms with Crippen molar-refractivity contribution < 1.29 is 19.4 Å². The van der Waals surface area contributed by atoms with E-state index in [4.69, 9.17) is 20.3 Å². The zero-order chi connectivity index (χ0) is 22.9. The maximum Gasteiger partial charge on any atom is 0.257 e. The number of benzene rings is 1. The zero-order valence-corrected chi connectivity index (χ0v) is 19.1. The molecule has 7 heteroatoms. The Hall–Kier alpha value is -2.64. The van der Waals surface area contributed by atoms with Gasteiger partial charge in [-0.05, 0) is 62.5 Å². The highest BCUT2D eigenvalue weighted by atomic mass is 16.6. The van der Waals surface area contributed by atoms with Crippen LogP contribution in [0.25, 0.3) is 0 Å². The van der Waals surface area contributed by atoms with Crippen LogP contribution in [0.5, 0.6) is 11.6 Å². The van der Waals surface area contributed by atoms with E-state index >= 15 is 0 Å². The molecular formula is C25H35N3O4. The number of aliphatic hydroxyl groups is 1. The third kappa shape index (κ3) is 6.93. The summed E-state index contributed by atoms with van der Waals surface area (Å²) in [6, 6.07) is 12.1. The Morgan fingerprint density at radius 3 is 2.56 bits per heavy atom. The Morgan fingerprint density at radius 1 is 1.25 bits per heavy atom. The maximum absolute atomic E-state index is 11.3. The number of aromatic nitrogens is 1. The number of aliphatic hydroxyl groups excluding tert-OH is 1. The van der Waals surface area contributed by atoms with E-state index in [9.17, 15) is 4.79 Å². The SMILES string of the molecule is CCC[C@@H](C)O.NC(=O)C1CCN(Cc2ccc([C@H]3COc4cccnc4O3)cc2)CC1. The predicted octanol–water partition coefficient (Wildman–Crippen LogP) is 3.46. The molecule has 0 radical (unpaired) electrons. The fourth-order valence-corrected chi connectivity index (χ4v) is 3.96. The summed E-state index contributed by atoms with van der Waals surface area (Å²) >= 11 is 0. The minimum absolute atomic E-state index is 0.0357. The van der Waals surface area contributed by atoms with Gasteiger partial charge in [-0.25, -0.2) is 4.98 Å². The molecule has 1 saturated heterocycles. The molecule has 7 nitrogen and oxygen atoms in total. The summed E-state index contributed by atoms with van der Waals surface area (Å²) in [5.74, 6) is 1.11. The lowest BCUT2D eigenvalue weighted by Crippen LogP contribution is -2.38. The van der Waals surface area contributed by atoms with Crippen molar-refractivity contribution >= 4 is 5.91 Å². The van der Waals surface area contributed by atoms with E-state index in [-0.39, 0.29) is 24.0 Å². The molecule has 1 aromatic carbocycles. The van der Waals surface area contributed by atoms with E-state index < -0.39 is 0 Å². The number of nitrogens with zero attached hydrogens (tertiary/aromatic N) is 2. The summed E-state index contributed by atoms with van der Waals surface area (Å²) in [7, 11) is 0. The number of amides is 1. The monoisotopic (exact) mass is 441 g/mol. The van der Waals surface area contributed by atoms with Crippen molar-refractivity contribution in [2.75, 3.05) is 19.7 Å². The van der Waals surface area contributed by atoms with Gasteiger partial charge in [0.15, 0.2) is 11.9 Å². The third-order valence-corrected chi connectivity index (χ3v) is 5.83. The number of carbonyl (C=O) groups is 1. The van der Waals surface area contributed by atoms with Gasteiger partial charge in [-0.15, -0.1) is 0 Å². The summed E-state index contributed by atoms with van der Waals surface area (Å²) < 4.78 is 11.7. The minimum atomic E-state index is -0.167. The minimum Gasteiger partial charge on any atom is -0.484 e. The highest BCUT2D eigenvalue weighted by molar-refractivity contribution is 5.76. The van der Waals surface area contributed by atoms with Crippen molar-refractivity contribution in [2.24, 2.45) is 11.7 Å². The van der Waals surface area contributed by atoms with Crippen LogP contribution in [0.15, 0.2) is 42.6 Å². The number of primary amides is 1. The van der Waals surface area contributed by atoms with Crippen molar-refractivity contribution in [3.63, 3.8) is 0 Å². The zero-order valence-electron chi connectivity index (χ0n) is 19.1. The number of likely N-dealkylation sites (tertiary alicyclic amines) is 1. The summed E-state index contributed by atoms with van der Waals surface area (Å²) in [5.41, 5.74) is 7.73. The molecular weight excluding hydrogens is 406 g/mol. The van der Waals surface area contributed by atoms with Crippen LogP contribution in [0.3, 0.4) is 0 Å². The molecule has 2 aliphatic rings. The van der Waals surface area contributed by atoms with Gasteiger partial charge in [-0.3, -0.25) is 9.69 Å². The van der Waals surface area contributed by atoms with E-state index in [1.54, 1.807) is 6.20 Å². The van der Waals surface area contributed by atoms with E-state index in [1.165, 1.54) is 5.56 Å². The lowest BCUT2D eigenvalue weighted by molar-refractivity contribution is -0.123. The molecule has 0 spiro atoms. The Balaban J connectivity index is 0.000000427. The molecule has 2 aromatic rings. The molecule has 174 valence electrons. The van der Waals surface area contributed by atoms with Crippen LogP contribution in [-0.2, 0) is 11.3 Å². The number of ether oxygens (including phenoxy) is 2. The standard InChI is InChI=1S/C20H23N3O3.C5H12O/c21-19(24)16-7-10-23(11-8-16)12-14-3-5-15(6-4-14)18-13-25-17-2-1-9-22-20(17)26-18;1-3-4-5(2)6/h1-6,9,16,18H,7-8,10-13H2,(H2,21,24);5-6H,3-4H2,1-2H3/t18-;5-/m11/s1. The van der Waals surface area contributed by atoms with Crippen LogP contribution in [0, 0.1) is 5.92 Å². The van der Waals surface area contributed by atoms with Gasteiger partial charge in [0.25, 0.3) is 5.88 Å². The van der Waals surface area contributed by atoms with E-state index in [1.807, 2.05) is 19.1 Å². The number of piperidine rings is 1. The van der Waals surface area contributed by atoms with E-state index in [0.29, 0.717) is 18.2 Å². The van der Waals surface area contributed by atoms with Gasteiger partial charge in [0.05, 0.1) is 6.10 Å². The first-order valence-corrected chi connectivity index (χ1v) is 11.5. The molecule has 0 bridgehead atoms. The first-order chi connectivity index (χ1) is 15.5. The molecule has 4 rings (SSSR count). The van der Waals surface area contributed by atoms with Crippen molar-refractivity contribution in [1.29, 1.82) is 0 Å². The number of rotatable bonds is 6. The molecule has 3 heterocycles. The Bertz CT molecular complexity index is 849. The normalized spacial score (nSPS) is 19.5. The predicted molar refractivity (Wildman–Crippen MR) is 123 cm³/mol. The van der Waals surface area contributed by atoms with Crippen molar-refractivity contribution in [2.45, 2.75) is 58.3 Å². The largest absolute Gasteiger partial charge is 0.484 e. The molecule has 0 saturated carbocycles. The highest BCUT2D eigenvalue weighted by Gasteiger charge is 2.24. The van der Waals surface area contributed by atoms with E-state index in [2.05, 4.69) is 41.1 Å². The first kappa shape index (κ1) is 24.0. The lowest BCUT2D eigenvalue weighted by Gasteiger charge is -2.30. The van der Waals surface area contributed by atoms with Gasteiger partial charge in [0, 0.05) is 18.7 Å². The summed E-state index contributed by atoms with van der Waals surface area (Å²) in [4.78, 5) is 17.9. The van der Waals surface area contributed by atoms with Crippen LogP contribution in [0.1, 0.15) is 56.8 Å². The van der Waals surface area contributed by atoms with Crippen molar-refractivity contribution in [1.82, 2.24) is 9.88 Å². The van der Waals surface area contributed by atoms with Gasteiger partial charge < -0.3 is 20.3 Å². The second-order valence-electron chi connectivity index (χ2n) is 8.56. The fourth-order valence-electron chi connectivity index (χ4n) is 3.96. The Kier molecular flexibility index (Phi) is 8.88. The number of hydrogen-bond acceptors (Lipinski definition) is 6. The van der Waals surface area contributed by atoms with Crippen molar-refractivity contribution in [3.05, 3.63) is 53.7 Å². The first-order valence-electron chi connectivity index (χ1n) is 11.5. The Labute approximate surface area is 190 Å². The fraction of sp³-hybridized carbons (Fsp3) is 0.520. The summed E-state index contributed by atoms with van der Waals surface area (Å²) in [6.45, 7) is 7.07. The van der Waals surface area contributed by atoms with Gasteiger partial charge in [-0.2, -0.15) is 0 Å². The second kappa shape index (κ2) is 11.8. The van der Waals surface area contributed by atoms with Crippen LogP contribution in [-0.4, -0.2) is 46.7 Å². The number of fused-ring (bicyclic) bond motifs is 1. The molecule has 2 atom stereocenters. The number of nitrogens with two attached hydrogens (primary N) is 1. The summed E-state index contributed by atoms with van der Waals surface area (Å²) in [5, 5.41) is 8.55. The van der Waals surface area contributed by atoms with Gasteiger partial charge >= 0.3 is 0 Å². The highest BCUT2D eigenvalue weighted by Crippen LogP contribution is 2.34. The van der Waals surface area contributed by atoms with Gasteiger partial charge in [-0.1, -0.05) is 37.6 Å². The van der Waals surface area contributed by atoms with Crippen LogP contribution >= 0.6 is 0 Å². The topological polar surface area (TPSA) is 97.9 Å². The number of hydrogen-bond donors (Lipinski definition) is 2. The molecule has 1 aromatic heterocycles. The molecule has 1 amide bonds. The van der Waals surface area contributed by atoms with Gasteiger partial charge in [0.2, 0.25) is 5.91 Å². The summed E-state index contributed by atoms with van der Waals surface area (Å²) in [6.07, 6.45) is 5.18. The molecule has 0 unspecified atom stereocenters. The van der Waals surface area contributed by atoms with E-state index in [0.717, 1.165) is 50.9 Å². The smallest absolute Gasteiger partial charge is 0.257 e. The number of pyridine rings is 1. The lowest BCUT2D eigenvalue weighted by atomic mass is 9.96. The molecule has 3 N–H and O–H groups in total. The second-order valence-corrected chi connectivity index (χ2v) is 8.56. The van der Waals surface area contributed by atoms with Gasteiger partial charge in [0.1, 0.15) is 6.61 Å². The molecule has 32 heavy (non-hydrogen) atoms. The molecule has 1 fully saturated rings. The van der Waals surface area contributed by atoms with Crippen molar-refractivity contribution in [3.8, 4) is 11.6 Å². The average molecular weight is 442 g/mol. The average Bonchev–Trinajstić information content (AvgIpc) is 2.80. The Morgan fingerprint density at radius 2 is 1.97 bits per heavy atom. The third-order valence-electron chi connectivity index (χ3n) is 5.83. The number of carbonyl (C=O) groups excluding carboxylic acids is 1.